The highest BCUT2D eigenvalue weighted by Gasteiger charge is 2.43. The van der Waals surface area contributed by atoms with E-state index in [1.165, 1.54) is 12.0 Å². The summed E-state index contributed by atoms with van der Waals surface area (Å²) in [5, 5.41) is 13.1. The van der Waals surface area contributed by atoms with E-state index in [1.54, 1.807) is 12.1 Å². The summed E-state index contributed by atoms with van der Waals surface area (Å²) in [6.07, 6.45) is 0.0802. The number of aliphatic hydroxyl groups excluding tert-OH is 1. The minimum absolute atomic E-state index is 0.164. The second kappa shape index (κ2) is 12.3. The predicted molar refractivity (Wildman–Crippen MR) is 168 cm³/mol. The normalized spacial score (nSPS) is 20.0. The number of sulfonamides is 1. The third kappa shape index (κ3) is 6.75. The number of morpholine rings is 1. The Hall–Kier alpha value is -3.38. The van der Waals surface area contributed by atoms with Gasteiger partial charge in [-0.2, -0.15) is 0 Å². The molecule has 2 aliphatic rings. The number of rotatable bonds is 9. The van der Waals surface area contributed by atoms with Crippen LogP contribution >= 0.6 is 0 Å². The molecular formula is C32H41N3O7S. The number of hydrogen-bond donors (Lipinski definition) is 2. The van der Waals surface area contributed by atoms with E-state index in [2.05, 4.69) is 9.62 Å². The molecule has 43 heavy (non-hydrogen) atoms. The van der Waals surface area contributed by atoms with Gasteiger partial charge in [0, 0.05) is 31.4 Å². The molecule has 2 heterocycles. The van der Waals surface area contributed by atoms with Gasteiger partial charge >= 0.3 is 0 Å². The highest BCUT2D eigenvalue weighted by atomic mass is 32.2. The summed E-state index contributed by atoms with van der Waals surface area (Å²) in [7, 11) is -2.24. The molecule has 0 radical (unpaired) electrons. The maximum absolute atomic E-state index is 14.1. The predicted octanol–water partition coefficient (Wildman–Crippen LogP) is 4.07. The number of nitrogens with one attached hydrogen (secondary N) is 1. The molecule has 0 aliphatic carbocycles. The summed E-state index contributed by atoms with van der Waals surface area (Å²) >= 11 is 0. The van der Waals surface area contributed by atoms with Gasteiger partial charge in [0.05, 0.1) is 43.9 Å². The van der Waals surface area contributed by atoms with E-state index >= 15 is 0 Å². The number of fused-ring (bicyclic) bond motifs is 1. The second-order valence-electron chi connectivity index (χ2n) is 12.2. The van der Waals surface area contributed by atoms with Gasteiger partial charge in [-0.3, -0.25) is 19.3 Å². The Morgan fingerprint density at radius 1 is 1.07 bits per heavy atom. The van der Waals surface area contributed by atoms with Crippen molar-refractivity contribution in [1.82, 2.24) is 4.90 Å². The Balaban J connectivity index is 1.48. The molecular weight excluding hydrogens is 570 g/mol. The smallest absolute Gasteiger partial charge is 0.236 e. The van der Waals surface area contributed by atoms with Crippen molar-refractivity contribution in [3.05, 3.63) is 59.7 Å². The van der Waals surface area contributed by atoms with Crippen LogP contribution in [0.3, 0.4) is 0 Å². The molecule has 2 atom stereocenters. The summed E-state index contributed by atoms with van der Waals surface area (Å²) < 4.78 is 44.2. The molecule has 2 aliphatic heterocycles. The molecule has 0 spiro atoms. The van der Waals surface area contributed by atoms with E-state index in [0.717, 1.165) is 66.8 Å². The molecule has 3 aromatic rings. The molecule has 11 heteroatoms. The van der Waals surface area contributed by atoms with Crippen molar-refractivity contribution >= 4 is 38.1 Å². The molecule has 1 amide bonds. The lowest BCUT2D eigenvalue weighted by atomic mass is 9.86. The number of anilines is 2. The van der Waals surface area contributed by atoms with Gasteiger partial charge in [0.1, 0.15) is 18.6 Å². The van der Waals surface area contributed by atoms with E-state index in [4.69, 9.17) is 14.2 Å². The molecule has 0 bridgehead atoms. The summed E-state index contributed by atoms with van der Waals surface area (Å²) in [6.45, 7) is 10.6. The first-order valence-corrected chi connectivity index (χ1v) is 16.4. The van der Waals surface area contributed by atoms with Crippen molar-refractivity contribution in [1.29, 1.82) is 0 Å². The highest BCUT2D eigenvalue weighted by Crippen LogP contribution is 2.46. The van der Waals surface area contributed by atoms with Crippen LogP contribution in [0.4, 0.5) is 11.4 Å². The van der Waals surface area contributed by atoms with E-state index in [1.807, 2.05) is 57.2 Å². The van der Waals surface area contributed by atoms with Crippen LogP contribution in [0.5, 0.6) is 11.5 Å². The van der Waals surface area contributed by atoms with Crippen LogP contribution in [-0.4, -0.2) is 83.4 Å². The summed E-state index contributed by atoms with van der Waals surface area (Å²) in [4.78, 5) is 17.8. The standard InChI is InChI=1S/C32H41N3O7S/c1-32(2,3)21-18-26(33-43(5,38)39)30(40-4)27(19-21)35-29(36)20-25(31(35)37)23-10-11-28(24-9-7-6-8-22(23)24)42-17-14-34-12-15-41-16-13-34/h6-11,18-19,25,29,33,36H,12-17,20H2,1-5H3. The zero-order chi connectivity index (χ0) is 30.9. The van der Waals surface area contributed by atoms with Crippen molar-refractivity contribution in [2.45, 2.75) is 44.8 Å². The summed E-state index contributed by atoms with van der Waals surface area (Å²) in [5.74, 6) is -0.0169. The number of nitrogens with zero attached hydrogens (tertiary/aromatic N) is 2. The van der Waals surface area contributed by atoms with Gasteiger partial charge in [0.15, 0.2) is 5.75 Å². The van der Waals surface area contributed by atoms with Gasteiger partial charge in [0.25, 0.3) is 0 Å². The van der Waals surface area contributed by atoms with E-state index in [0.29, 0.717) is 12.3 Å². The van der Waals surface area contributed by atoms with Gasteiger partial charge in [-0.25, -0.2) is 8.42 Å². The van der Waals surface area contributed by atoms with Gasteiger partial charge in [0.2, 0.25) is 15.9 Å². The number of carbonyl (C=O) groups is 1. The first kappa shape index (κ1) is 31.1. The van der Waals surface area contributed by atoms with Gasteiger partial charge in [-0.1, -0.05) is 51.1 Å². The summed E-state index contributed by atoms with van der Waals surface area (Å²) in [6, 6.07) is 15.1. The fraction of sp³-hybridized carbons (Fsp3) is 0.469. The number of carbonyl (C=O) groups excluding carboxylic acids is 1. The van der Waals surface area contributed by atoms with Gasteiger partial charge in [-0.05, 0) is 40.1 Å². The lowest BCUT2D eigenvalue weighted by Gasteiger charge is -2.28. The van der Waals surface area contributed by atoms with Crippen LogP contribution in [0.2, 0.25) is 0 Å². The number of aliphatic hydroxyl groups is 1. The van der Waals surface area contributed by atoms with E-state index < -0.39 is 22.2 Å². The summed E-state index contributed by atoms with van der Waals surface area (Å²) in [5.41, 5.74) is 1.72. The molecule has 0 saturated carbocycles. The number of benzene rings is 3. The Labute approximate surface area is 253 Å². The van der Waals surface area contributed by atoms with Crippen molar-refractivity contribution < 1.29 is 32.5 Å². The highest BCUT2D eigenvalue weighted by molar-refractivity contribution is 7.92. The molecule has 2 saturated heterocycles. The quantitative estimate of drug-likeness (QED) is 0.372. The second-order valence-corrected chi connectivity index (χ2v) is 13.9. The van der Waals surface area contributed by atoms with Crippen LogP contribution < -0.4 is 19.1 Å². The minimum Gasteiger partial charge on any atom is -0.492 e. The third-order valence-corrected chi connectivity index (χ3v) is 8.63. The molecule has 232 valence electrons. The first-order chi connectivity index (χ1) is 20.4. The van der Waals surface area contributed by atoms with Crippen LogP contribution in [0.25, 0.3) is 10.8 Å². The third-order valence-electron chi connectivity index (χ3n) is 8.04. The van der Waals surface area contributed by atoms with Crippen molar-refractivity contribution in [3.63, 3.8) is 0 Å². The number of ether oxygens (including phenoxy) is 3. The lowest BCUT2D eigenvalue weighted by molar-refractivity contribution is -0.118. The van der Waals surface area contributed by atoms with Crippen LogP contribution in [0, 0.1) is 0 Å². The van der Waals surface area contributed by atoms with Gasteiger partial charge in [-0.15, -0.1) is 0 Å². The minimum atomic E-state index is -3.65. The maximum Gasteiger partial charge on any atom is 0.236 e. The molecule has 2 N–H and O–H groups in total. The first-order valence-electron chi connectivity index (χ1n) is 14.5. The van der Waals surface area contributed by atoms with Gasteiger partial charge < -0.3 is 19.3 Å². The van der Waals surface area contributed by atoms with E-state index in [9.17, 15) is 18.3 Å². The molecule has 0 aromatic heterocycles. The SMILES string of the molecule is COc1c(NS(C)(=O)=O)cc(C(C)(C)C)cc1N1C(=O)C(c2ccc(OCCN3CCOCC3)c3ccccc23)CC1O. The molecule has 5 rings (SSSR count). The van der Waals surface area contributed by atoms with Crippen molar-refractivity contribution in [3.8, 4) is 11.5 Å². The monoisotopic (exact) mass is 611 g/mol. The molecule has 2 unspecified atom stereocenters. The number of amides is 1. The fourth-order valence-electron chi connectivity index (χ4n) is 5.82. The topological polar surface area (TPSA) is 118 Å². The van der Waals surface area contributed by atoms with E-state index in [-0.39, 0.29) is 29.2 Å². The molecule has 3 aromatic carbocycles. The number of methoxy groups -OCH3 is 1. The lowest BCUT2D eigenvalue weighted by Crippen LogP contribution is -2.38. The van der Waals surface area contributed by atoms with Crippen molar-refractivity contribution in [2.75, 3.05) is 62.4 Å². The fourth-order valence-corrected chi connectivity index (χ4v) is 6.37. The largest absolute Gasteiger partial charge is 0.492 e. The maximum atomic E-state index is 14.1. The molecule has 10 nitrogen and oxygen atoms in total. The number of hydrogen-bond acceptors (Lipinski definition) is 8. The molecule has 2 fully saturated rings. The zero-order valence-electron chi connectivity index (χ0n) is 25.4. The Morgan fingerprint density at radius 2 is 1.77 bits per heavy atom. The van der Waals surface area contributed by atoms with Crippen LogP contribution in [0.15, 0.2) is 48.5 Å². The van der Waals surface area contributed by atoms with Crippen LogP contribution in [0.1, 0.15) is 44.2 Å². The average Bonchev–Trinajstić information content (AvgIpc) is 3.24. The Morgan fingerprint density at radius 3 is 2.42 bits per heavy atom. The Kier molecular flexibility index (Phi) is 8.89. The zero-order valence-corrected chi connectivity index (χ0v) is 26.2. The van der Waals surface area contributed by atoms with Crippen LogP contribution in [-0.2, 0) is 25.0 Å². The average molecular weight is 612 g/mol. The van der Waals surface area contributed by atoms with Crippen molar-refractivity contribution in [2.24, 2.45) is 0 Å². The Bertz CT molecular complexity index is 1600.